The fraction of sp³-hybridized carbons (Fsp3) is 0.286. The molecule has 19 heavy (non-hydrogen) atoms. The van der Waals surface area contributed by atoms with E-state index in [9.17, 15) is 9.18 Å². The molecule has 4 nitrogen and oxygen atoms in total. The maximum Gasteiger partial charge on any atom is 0.356 e. The largest absolute Gasteiger partial charge is 0.476 e. The van der Waals surface area contributed by atoms with E-state index in [-0.39, 0.29) is 11.5 Å². The molecule has 0 fully saturated rings. The molecule has 0 atom stereocenters. The predicted molar refractivity (Wildman–Crippen MR) is 69.1 cm³/mol. The lowest BCUT2D eigenvalue weighted by Crippen LogP contribution is -2.04. The number of benzene rings is 1. The molecule has 0 saturated carbocycles. The van der Waals surface area contributed by atoms with Crippen molar-refractivity contribution in [2.24, 2.45) is 0 Å². The first-order chi connectivity index (χ1) is 9.11. The molecule has 1 aromatic heterocycles. The molecule has 0 unspecified atom stereocenters. The van der Waals surface area contributed by atoms with Gasteiger partial charge in [-0.3, -0.25) is 0 Å². The fourth-order valence-corrected chi connectivity index (χ4v) is 1.87. The molecule has 2 aromatic rings. The van der Waals surface area contributed by atoms with Crippen molar-refractivity contribution in [1.82, 2.24) is 9.78 Å². The summed E-state index contributed by atoms with van der Waals surface area (Å²) in [5.41, 5.74) is 1.50. The van der Waals surface area contributed by atoms with Gasteiger partial charge in [0.25, 0.3) is 0 Å². The zero-order valence-electron chi connectivity index (χ0n) is 10.6. The van der Waals surface area contributed by atoms with Gasteiger partial charge in [-0.2, -0.15) is 5.10 Å². The van der Waals surface area contributed by atoms with Crippen LogP contribution in [0.2, 0.25) is 0 Å². The third-order valence-corrected chi connectivity index (χ3v) is 2.86. The highest BCUT2D eigenvalue weighted by molar-refractivity contribution is 5.85. The number of hydrogen-bond acceptors (Lipinski definition) is 2. The number of nitrogens with zero attached hydrogens (tertiary/aromatic N) is 2. The molecule has 1 heterocycles. The van der Waals surface area contributed by atoms with Crippen LogP contribution in [0.1, 0.15) is 35.9 Å². The van der Waals surface area contributed by atoms with Gasteiger partial charge in [-0.05, 0) is 43.2 Å². The number of halogens is 1. The van der Waals surface area contributed by atoms with Gasteiger partial charge in [0, 0.05) is 5.69 Å². The predicted octanol–water partition coefficient (Wildman–Crippen LogP) is 3.05. The van der Waals surface area contributed by atoms with Crippen LogP contribution in [0.15, 0.2) is 30.3 Å². The molecule has 1 N–H and O–H groups in total. The van der Waals surface area contributed by atoms with E-state index in [0.29, 0.717) is 5.69 Å². The Bertz CT molecular complexity index is 576. The number of aromatic carboxylic acids is 1. The summed E-state index contributed by atoms with van der Waals surface area (Å²) in [6, 6.07) is 7.41. The van der Waals surface area contributed by atoms with Crippen molar-refractivity contribution in [2.45, 2.75) is 26.2 Å². The summed E-state index contributed by atoms with van der Waals surface area (Å²) in [4.78, 5) is 11.0. The van der Waals surface area contributed by atoms with Crippen molar-refractivity contribution in [1.29, 1.82) is 0 Å². The molecule has 0 amide bonds. The minimum Gasteiger partial charge on any atom is -0.476 e. The van der Waals surface area contributed by atoms with Crippen LogP contribution in [0.5, 0.6) is 0 Å². The lowest BCUT2D eigenvalue weighted by molar-refractivity contribution is 0.0690. The number of carboxylic acid groups (broad SMARTS) is 1. The smallest absolute Gasteiger partial charge is 0.356 e. The average Bonchev–Trinajstić information content (AvgIpc) is 2.81. The Morgan fingerprint density at radius 3 is 2.63 bits per heavy atom. The zero-order chi connectivity index (χ0) is 13.8. The van der Waals surface area contributed by atoms with Gasteiger partial charge in [-0.15, -0.1) is 0 Å². The molecule has 5 heteroatoms. The standard InChI is InChI=1S/C14H15FN2O2/c1-2-3-4-12-9-13(14(18)19)16-17(12)11-7-5-10(15)6-8-11/h5-9H,2-4H2,1H3,(H,18,19). The summed E-state index contributed by atoms with van der Waals surface area (Å²) in [6.07, 6.45) is 2.71. The Hall–Kier alpha value is -2.17. The van der Waals surface area contributed by atoms with Crippen molar-refractivity contribution < 1.29 is 14.3 Å². The molecule has 0 spiro atoms. The van der Waals surface area contributed by atoms with E-state index >= 15 is 0 Å². The van der Waals surface area contributed by atoms with Crippen LogP contribution in [-0.4, -0.2) is 20.9 Å². The van der Waals surface area contributed by atoms with Crippen molar-refractivity contribution in [3.8, 4) is 5.69 Å². The second kappa shape index (κ2) is 5.65. The van der Waals surface area contributed by atoms with Gasteiger partial charge in [-0.1, -0.05) is 13.3 Å². The van der Waals surface area contributed by atoms with E-state index in [1.54, 1.807) is 22.9 Å². The topological polar surface area (TPSA) is 55.1 Å². The SMILES string of the molecule is CCCCc1cc(C(=O)O)nn1-c1ccc(F)cc1. The molecule has 0 aliphatic rings. The molecule has 100 valence electrons. The van der Waals surface area contributed by atoms with E-state index in [1.807, 2.05) is 0 Å². The number of hydrogen-bond donors (Lipinski definition) is 1. The molecular weight excluding hydrogens is 247 g/mol. The molecule has 1 aromatic carbocycles. The summed E-state index contributed by atoms with van der Waals surface area (Å²) in [5, 5.41) is 13.1. The van der Waals surface area contributed by atoms with Gasteiger partial charge in [0.15, 0.2) is 5.69 Å². The highest BCUT2D eigenvalue weighted by Gasteiger charge is 2.14. The molecule has 0 aliphatic heterocycles. The van der Waals surface area contributed by atoms with Crippen LogP contribution in [0.4, 0.5) is 4.39 Å². The molecule has 0 bridgehead atoms. The lowest BCUT2D eigenvalue weighted by atomic mass is 10.2. The number of carboxylic acids is 1. The van der Waals surface area contributed by atoms with Crippen molar-refractivity contribution in [3.05, 3.63) is 47.5 Å². The van der Waals surface area contributed by atoms with Crippen LogP contribution >= 0.6 is 0 Å². The number of aromatic nitrogens is 2. The van der Waals surface area contributed by atoms with Crippen LogP contribution in [0.25, 0.3) is 5.69 Å². The minimum absolute atomic E-state index is 0.00966. The van der Waals surface area contributed by atoms with Crippen LogP contribution in [0.3, 0.4) is 0 Å². The normalized spacial score (nSPS) is 10.6. The first-order valence-electron chi connectivity index (χ1n) is 6.20. The van der Waals surface area contributed by atoms with E-state index in [0.717, 1.165) is 25.0 Å². The highest BCUT2D eigenvalue weighted by atomic mass is 19.1. The van der Waals surface area contributed by atoms with Crippen LogP contribution < -0.4 is 0 Å². The van der Waals surface area contributed by atoms with Gasteiger partial charge in [0.2, 0.25) is 0 Å². The number of carbonyl (C=O) groups is 1. The van der Waals surface area contributed by atoms with E-state index in [1.165, 1.54) is 12.1 Å². The molecule has 0 radical (unpaired) electrons. The third-order valence-electron chi connectivity index (χ3n) is 2.86. The summed E-state index contributed by atoms with van der Waals surface area (Å²) >= 11 is 0. The van der Waals surface area contributed by atoms with Crippen molar-refractivity contribution in [2.75, 3.05) is 0 Å². The Kier molecular flexibility index (Phi) is 3.94. The minimum atomic E-state index is -1.06. The fourth-order valence-electron chi connectivity index (χ4n) is 1.87. The Balaban J connectivity index is 2.41. The number of rotatable bonds is 5. The summed E-state index contributed by atoms with van der Waals surface area (Å²) in [5.74, 6) is -1.39. The molecule has 2 rings (SSSR count). The maximum atomic E-state index is 12.9. The molecule has 0 saturated heterocycles. The van der Waals surface area contributed by atoms with Gasteiger partial charge in [0.05, 0.1) is 5.69 Å². The van der Waals surface area contributed by atoms with E-state index in [4.69, 9.17) is 5.11 Å². The number of unbranched alkanes of at least 4 members (excludes halogenated alkanes) is 1. The second-order valence-electron chi connectivity index (χ2n) is 4.32. The Morgan fingerprint density at radius 2 is 2.05 bits per heavy atom. The van der Waals surface area contributed by atoms with Crippen LogP contribution in [-0.2, 0) is 6.42 Å². The third kappa shape index (κ3) is 2.99. The lowest BCUT2D eigenvalue weighted by Gasteiger charge is -2.06. The number of aryl methyl sites for hydroxylation is 1. The van der Waals surface area contributed by atoms with E-state index in [2.05, 4.69) is 12.0 Å². The molecular formula is C14H15FN2O2. The van der Waals surface area contributed by atoms with Crippen LogP contribution in [0, 0.1) is 5.82 Å². The summed E-state index contributed by atoms with van der Waals surface area (Å²) in [6.45, 7) is 2.07. The Labute approximate surface area is 110 Å². The van der Waals surface area contributed by atoms with Gasteiger partial charge >= 0.3 is 5.97 Å². The summed E-state index contributed by atoms with van der Waals surface area (Å²) < 4.78 is 14.5. The van der Waals surface area contributed by atoms with Gasteiger partial charge in [-0.25, -0.2) is 13.9 Å². The first-order valence-corrected chi connectivity index (χ1v) is 6.20. The second-order valence-corrected chi connectivity index (χ2v) is 4.32. The highest BCUT2D eigenvalue weighted by Crippen LogP contribution is 2.15. The monoisotopic (exact) mass is 262 g/mol. The Morgan fingerprint density at radius 1 is 1.37 bits per heavy atom. The molecule has 0 aliphatic carbocycles. The van der Waals surface area contributed by atoms with E-state index < -0.39 is 5.97 Å². The van der Waals surface area contributed by atoms with Gasteiger partial charge < -0.3 is 5.11 Å². The quantitative estimate of drug-likeness (QED) is 0.901. The average molecular weight is 262 g/mol. The van der Waals surface area contributed by atoms with Crippen molar-refractivity contribution in [3.63, 3.8) is 0 Å². The zero-order valence-corrected chi connectivity index (χ0v) is 10.6. The maximum absolute atomic E-state index is 12.9. The van der Waals surface area contributed by atoms with Gasteiger partial charge in [0.1, 0.15) is 5.82 Å². The summed E-state index contributed by atoms with van der Waals surface area (Å²) in [7, 11) is 0. The van der Waals surface area contributed by atoms with Crippen molar-refractivity contribution >= 4 is 5.97 Å². The first kappa shape index (κ1) is 13.3.